The molecule has 0 spiro atoms. The number of amides is 1. The van der Waals surface area contributed by atoms with Gasteiger partial charge >= 0.3 is 5.97 Å². The zero-order valence-corrected chi connectivity index (χ0v) is 18.8. The number of ether oxygens (including phenoxy) is 1. The average molecular weight is 506 g/mol. The van der Waals surface area contributed by atoms with Gasteiger partial charge in [-0.15, -0.1) is 0 Å². The predicted octanol–water partition coefficient (Wildman–Crippen LogP) is 5.43. The van der Waals surface area contributed by atoms with Crippen LogP contribution in [-0.2, 0) is 4.79 Å². The summed E-state index contributed by atoms with van der Waals surface area (Å²) in [7, 11) is 0. The molecule has 3 aromatic carbocycles. The second-order valence-electron chi connectivity index (χ2n) is 6.82. The van der Waals surface area contributed by atoms with E-state index in [-0.39, 0.29) is 22.7 Å². The van der Waals surface area contributed by atoms with E-state index < -0.39 is 16.8 Å². The minimum atomic E-state index is -0.763. The van der Waals surface area contributed by atoms with Crippen molar-refractivity contribution in [3.05, 3.63) is 104 Å². The van der Waals surface area contributed by atoms with Crippen LogP contribution in [0.3, 0.4) is 0 Å². The molecular formula is C24H16BrN3O5. The number of carbonyl (C=O) groups is 2. The number of anilines is 1. The van der Waals surface area contributed by atoms with Gasteiger partial charge in [0.15, 0.2) is 0 Å². The third kappa shape index (κ3) is 5.90. The van der Waals surface area contributed by atoms with Crippen LogP contribution in [-0.4, -0.2) is 16.8 Å². The molecule has 0 aliphatic carbocycles. The van der Waals surface area contributed by atoms with Gasteiger partial charge in [0.05, 0.1) is 16.2 Å². The Morgan fingerprint density at radius 1 is 1.12 bits per heavy atom. The fourth-order valence-electron chi connectivity index (χ4n) is 2.81. The number of benzene rings is 3. The maximum Gasteiger partial charge on any atom is 0.343 e. The topological polar surface area (TPSA) is 122 Å². The third-order valence-corrected chi connectivity index (χ3v) is 5.02. The SMILES string of the molecule is Cc1ccc([N+](=O)[O-])cc1NC(=O)/C(C#N)=C/c1cc(Br)ccc1OC(=O)c1ccccc1. The zero-order valence-electron chi connectivity index (χ0n) is 17.2. The van der Waals surface area contributed by atoms with Crippen LogP contribution in [0.15, 0.2) is 76.8 Å². The molecule has 0 aliphatic heterocycles. The Labute approximate surface area is 197 Å². The summed E-state index contributed by atoms with van der Waals surface area (Å²) in [4.78, 5) is 35.6. The molecule has 0 aromatic heterocycles. The number of nitrogens with zero attached hydrogens (tertiary/aromatic N) is 2. The van der Waals surface area contributed by atoms with Crippen LogP contribution in [0.4, 0.5) is 11.4 Å². The molecule has 0 bridgehead atoms. The van der Waals surface area contributed by atoms with Crippen LogP contribution in [0, 0.1) is 28.4 Å². The Morgan fingerprint density at radius 3 is 2.52 bits per heavy atom. The van der Waals surface area contributed by atoms with E-state index >= 15 is 0 Å². The smallest absolute Gasteiger partial charge is 0.343 e. The number of hydrogen-bond acceptors (Lipinski definition) is 6. The van der Waals surface area contributed by atoms with E-state index in [0.29, 0.717) is 21.2 Å². The maximum atomic E-state index is 12.7. The van der Waals surface area contributed by atoms with Crippen molar-refractivity contribution in [2.75, 3.05) is 5.32 Å². The number of esters is 1. The highest BCUT2D eigenvalue weighted by Gasteiger charge is 2.16. The Morgan fingerprint density at radius 2 is 1.85 bits per heavy atom. The van der Waals surface area contributed by atoms with Gasteiger partial charge in [-0.3, -0.25) is 14.9 Å². The van der Waals surface area contributed by atoms with Crippen LogP contribution >= 0.6 is 15.9 Å². The Hall–Kier alpha value is -4.29. The van der Waals surface area contributed by atoms with Crippen molar-refractivity contribution in [1.82, 2.24) is 0 Å². The quantitative estimate of drug-likeness (QED) is 0.119. The second kappa shape index (κ2) is 10.3. The Kier molecular flexibility index (Phi) is 7.33. The van der Waals surface area contributed by atoms with Gasteiger partial charge in [-0.25, -0.2) is 4.79 Å². The summed E-state index contributed by atoms with van der Waals surface area (Å²) in [5.74, 6) is -1.21. The molecule has 0 saturated heterocycles. The highest BCUT2D eigenvalue weighted by Crippen LogP contribution is 2.27. The number of nitro benzene ring substituents is 1. The molecule has 1 amide bonds. The number of nitriles is 1. The van der Waals surface area contributed by atoms with Crippen molar-refractivity contribution in [1.29, 1.82) is 5.26 Å². The summed E-state index contributed by atoms with van der Waals surface area (Å²) in [5, 5.41) is 23.1. The van der Waals surface area contributed by atoms with E-state index in [4.69, 9.17) is 4.74 Å². The Bertz CT molecular complexity index is 1310. The molecular weight excluding hydrogens is 490 g/mol. The second-order valence-corrected chi connectivity index (χ2v) is 7.73. The summed E-state index contributed by atoms with van der Waals surface area (Å²) >= 11 is 3.32. The first-order valence-electron chi connectivity index (χ1n) is 9.53. The molecule has 3 aromatic rings. The first kappa shape index (κ1) is 23.4. The Balaban J connectivity index is 1.91. The number of rotatable bonds is 6. The molecule has 0 radical (unpaired) electrons. The van der Waals surface area contributed by atoms with E-state index in [1.807, 2.05) is 6.07 Å². The number of hydrogen-bond donors (Lipinski definition) is 1. The number of non-ortho nitro benzene ring substituents is 1. The first-order valence-corrected chi connectivity index (χ1v) is 10.3. The molecule has 9 heteroatoms. The maximum absolute atomic E-state index is 12.7. The van der Waals surface area contributed by atoms with E-state index in [1.54, 1.807) is 49.4 Å². The number of carbonyl (C=O) groups excluding carboxylic acids is 2. The van der Waals surface area contributed by atoms with Crippen molar-refractivity contribution in [3.63, 3.8) is 0 Å². The normalized spacial score (nSPS) is 10.8. The van der Waals surface area contributed by atoms with E-state index in [1.165, 1.54) is 30.3 Å². The molecule has 0 fully saturated rings. The number of halogens is 1. The summed E-state index contributed by atoms with van der Waals surface area (Å²) < 4.78 is 6.11. The lowest BCUT2D eigenvalue weighted by Crippen LogP contribution is -2.14. The number of aryl methyl sites for hydroxylation is 1. The lowest BCUT2D eigenvalue weighted by Gasteiger charge is -2.10. The van der Waals surface area contributed by atoms with Crippen LogP contribution in [0.2, 0.25) is 0 Å². The molecule has 0 unspecified atom stereocenters. The number of nitrogens with one attached hydrogen (secondary N) is 1. The van der Waals surface area contributed by atoms with Gasteiger partial charge in [0.2, 0.25) is 0 Å². The molecule has 0 saturated carbocycles. The molecule has 1 N–H and O–H groups in total. The van der Waals surface area contributed by atoms with Crippen molar-refractivity contribution < 1.29 is 19.2 Å². The molecule has 8 nitrogen and oxygen atoms in total. The fourth-order valence-corrected chi connectivity index (χ4v) is 3.19. The van der Waals surface area contributed by atoms with E-state index in [9.17, 15) is 25.0 Å². The van der Waals surface area contributed by atoms with E-state index in [0.717, 1.165) is 0 Å². The van der Waals surface area contributed by atoms with Crippen LogP contribution in [0.1, 0.15) is 21.5 Å². The van der Waals surface area contributed by atoms with Gasteiger partial charge in [-0.2, -0.15) is 5.26 Å². The van der Waals surface area contributed by atoms with Crippen LogP contribution in [0.25, 0.3) is 6.08 Å². The van der Waals surface area contributed by atoms with Gasteiger partial charge < -0.3 is 10.1 Å². The summed E-state index contributed by atoms with van der Waals surface area (Å²) in [6, 6.07) is 19.0. The summed E-state index contributed by atoms with van der Waals surface area (Å²) in [6.07, 6.45) is 1.28. The molecule has 0 heterocycles. The summed E-state index contributed by atoms with van der Waals surface area (Å²) in [6.45, 7) is 1.67. The summed E-state index contributed by atoms with van der Waals surface area (Å²) in [5.41, 5.74) is 0.980. The van der Waals surface area contributed by atoms with Crippen LogP contribution < -0.4 is 10.1 Å². The molecule has 0 aliphatic rings. The zero-order chi connectivity index (χ0) is 24.0. The van der Waals surface area contributed by atoms with Gasteiger partial charge in [-0.05, 0) is 48.9 Å². The lowest BCUT2D eigenvalue weighted by molar-refractivity contribution is -0.384. The average Bonchev–Trinajstić information content (AvgIpc) is 2.80. The first-order chi connectivity index (χ1) is 15.8. The predicted molar refractivity (Wildman–Crippen MR) is 126 cm³/mol. The molecule has 3 rings (SSSR count). The lowest BCUT2D eigenvalue weighted by atomic mass is 10.1. The van der Waals surface area contributed by atoms with Gasteiger partial charge in [-0.1, -0.05) is 40.2 Å². The van der Waals surface area contributed by atoms with E-state index in [2.05, 4.69) is 21.2 Å². The monoisotopic (exact) mass is 505 g/mol. The highest BCUT2D eigenvalue weighted by molar-refractivity contribution is 9.10. The van der Waals surface area contributed by atoms with Gasteiger partial charge in [0.25, 0.3) is 11.6 Å². The third-order valence-electron chi connectivity index (χ3n) is 4.53. The highest BCUT2D eigenvalue weighted by atomic mass is 79.9. The minimum Gasteiger partial charge on any atom is -0.422 e. The van der Waals surface area contributed by atoms with Crippen molar-refractivity contribution in [3.8, 4) is 11.8 Å². The molecule has 164 valence electrons. The molecule has 33 heavy (non-hydrogen) atoms. The van der Waals surface area contributed by atoms with Gasteiger partial charge in [0, 0.05) is 22.2 Å². The standard InChI is InChI=1S/C24H16BrN3O5/c1-15-7-9-20(28(31)32)13-21(15)27-23(29)18(14-26)11-17-12-19(25)8-10-22(17)33-24(30)16-5-3-2-4-6-16/h2-13H,1H3,(H,27,29)/b18-11+. The van der Waals surface area contributed by atoms with Crippen LogP contribution in [0.5, 0.6) is 5.75 Å². The number of nitro groups is 1. The van der Waals surface area contributed by atoms with Gasteiger partial charge in [0.1, 0.15) is 17.4 Å². The minimum absolute atomic E-state index is 0.152. The van der Waals surface area contributed by atoms with Crippen molar-refractivity contribution in [2.45, 2.75) is 6.92 Å². The fraction of sp³-hybridized carbons (Fsp3) is 0.0417. The van der Waals surface area contributed by atoms with Crippen molar-refractivity contribution >= 4 is 45.3 Å². The largest absolute Gasteiger partial charge is 0.422 e. The molecule has 0 atom stereocenters. The van der Waals surface area contributed by atoms with Crippen molar-refractivity contribution in [2.24, 2.45) is 0 Å².